The lowest BCUT2D eigenvalue weighted by Crippen LogP contribution is -3.00. The van der Waals surface area contributed by atoms with Gasteiger partial charge in [0.2, 0.25) is 11.1 Å². The molecule has 0 amide bonds. The zero-order valence-electron chi connectivity index (χ0n) is 10.9. The van der Waals surface area contributed by atoms with Gasteiger partial charge in [0.1, 0.15) is 0 Å². The Bertz CT molecular complexity index is 470. The van der Waals surface area contributed by atoms with Gasteiger partial charge in [0.05, 0.1) is 39.2 Å². The first-order valence-electron chi connectivity index (χ1n) is 5.74. The third-order valence-corrected chi connectivity index (χ3v) is 2.94. The Balaban J connectivity index is 0.00000180. The van der Waals surface area contributed by atoms with Crippen LogP contribution in [0.4, 0.5) is 11.4 Å². The molecule has 1 heterocycles. The van der Waals surface area contributed by atoms with E-state index in [1.165, 1.54) is 0 Å². The highest BCUT2D eigenvalue weighted by Gasteiger charge is 2.23. The molecule has 104 valence electrons. The van der Waals surface area contributed by atoms with Crippen LogP contribution < -0.4 is 26.8 Å². The molecule has 0 N–H and O–H groups in total. The number of methoxy groups -OCH3 is 2. The summed E-state index contributed by atoms with van der Waals surface area (Å²) in [6.45, 7) is 2.99. The van der Waals surface area contributed by atoms with E-state index in [2.05, 4.69) is 9.88 Å². The topological polar surface area (TPSA) is 59.1 Å². The summed E-state index contributed by atoms with van der Waals surface area (Å²) in [6.07, 6.45) is 0. The van der Waals surface area contributed by atoms with Crippen LogP contribution in [0.15, 0.2) is 12.1 Å². The number of nitrogens with zero attached hydrogens (tertiary/aromatic N) is 3. The van der Waals surface area contributed by atoms with Gasteiger partial charge in [-0.1, -0.05) is 0 Å². The average Bonchev–Trinajstić information content (AvgIpc) is 2.46. The van der Waals surface area contributed by atoms with E-state index >= 15 is 0 Å². The fourth-order valence-electron chi connectivity index (χ4n) is 2.00. The predicted octanol–water partition coefficient (Wildman–Crippen LogP) is -0.971. The van der Waals surface area contributed by atoms with Crippen LogP contribution in [0.3, 0.4) is 0 Å². The zero-order chi connectivity index (χ0) is 13.0. The molecule has 1 aliphatic heterocycles. The van der Waals surface area contributed by atoms with Gasteiger partial charge in [-0.25, -0.2) is 0 Å². The number of benzene rings is 1. The highest BCUT2D eigenvalue weighted by Crippen LogP contribution is 2.40. The maximum absolute atomic E-state index is 8.93. The average molecular weight is 286 g/mol. The number of hydrogen-bond acceptors (Lipinski definition) is 5. The number of anilines is 1. The van der Waals surface area contributed by atoms with E-state index in [9.17, 15) is 0 Å². The second-order valence-electron chi connectivity index (χ2n) is 3.90. The van der Waals surface area contributed by atoms with E-state index in [-0.39, 0.29) is 12.4 Å². The Hall–Kier alpha value is -1.71. The first kappa shape index (κ1) is 15.3. The monoisotopic (exact) mass is 285 g/mol. The fraction of sp³-hybridized carbons (Fsp3) is 0.500. The van der Waals surface area contributed by atoms with Crippen LogP contribution in [0.1, 0.15) is 0 Å². The molecule has 0 spiro atoms. The molecule has 0 radical (unpaired) electrons. The van der Waals surface area contributed by atoms with Crippen LogP contribution in [-0.4, -0.2) is 40.5 Å². The zero-order valence-corrected chi connectivity index (χ0v) is 11.7. The Labute approximate surface area is 118 Å². The summed E-state index contributed by atoms with van der Waals surface area (Å²) in [5.41, 5.74) is 1.27. The molecule has 6 nitrogen and oxygen atoms in total. The molecule has 0 atom stereocenters. The minimum absolute atomic E-state index is 0. The SMILES string of the molecule is COc1cc(N2CCOCC2)c(OC)cc1[N+]#N.[Cl-]. The van der Waals surface area contributed by atoms with E-state index in [4.69, 9.17) is 19.6 Å². The molecular formula is C12H16ClN3O3. The van der Waals surface area contributed by atoms with Crippen LogP contribution in [0.5, 0.6) is 11.5 Å². The van der Waals surface area contributed by atoms with Gasteiger partial charge in [-0.05, 0) is 0 Å². The Morgan fingerprint density at radius 1 is 1.16 bits per heavy atom. The summed E-state index contributed by atoms with van der Waals surface area (Å²) in [7, 11) is 3.13. The van der Waals surface area contributed by atoms with Gasteiger partial charge in [0.25, 0.3) is 0 Å². The van der Waals surface area contributed by atoms with Crippen LogP contribution in [0.2, 0.25) is 0 Å². The highest BCUT2D eigenvalue weighted by molar-refractivity contribution is 5.72. The second kappa shape index (κ2) is 7.02. The predicted molar refractivity (Wildman–Crippen MR) is 67.3 cm³/mol. The van der Waals surface area contributed by atoms with Crippen LogP contribution in [0, 0.1) is 5.39 Å². The molecule has 1 saturated heterocycles. The van der Waals surface area contributed by atoms with Crippen molar-refractivity contribution < 1.29 is 26.6 Å². The van der Waals surface area contributed by atoms with Crippen molar-refractivity contribution in [2.75, 3.05) is 45.4 Å². The normalized spacial score (nSPS) is 14.3. The lowest BCUT2D eigenvalue weighted by molar-refractivity contribution is -0.00000527. The standard InChI is InChI=1S/C12H16N3O3.ClH/c1-16-11-8-10(15-3-5-18-6-4-15)12(17-2)7-9(11)14-13;/h7-8H,3-6H2,1-2H3;1H/q+1;/p-1. The second-order valence-corrected chi connectivity index (χ2v) is 3.90. The van der Waals surface area contributed by atoms with Crippen molar-refractivity contribution in [2.45, 2.75) is 0 Å². The molecule has 0 saturated carbocycles. The van der Waals surface area contributed by atoms with Gasteiger partial charge in [0.15, 0.2) is 10.7 Å². The summed E-state index contributed by atoms with van der Waals surface area (Å²) in [4.78, 5) is 5.35. The lowest BCUT2D eigenvalue weighted by atomic mass is 10.2. The minimum Gasteiger partial charge on any atom is -1.00 e. The molecule has 1 aliphatic rings. The molecule has 2 rings (SSSR count). The summed E-state index contributed by atoms with van der Waals surface area (Å²) in [5.74, 6) is 1.17. The van der Waals surface area contributed by atoms with Gasteiger partial charge >= 0.3 is 5.69 Å². The Kier molecular flexibility index (Phi) is 5.67. The van der Waals surface area contributed by atoms with Crippen molar-refractivity contribution in [3.8, 4) is 11.5 Å². The first-order chi connectivity index (χ1) is 8.80. The first-order valence-corrected chi connectivity index (χ1v) is 5.74. The smallest absolute Gasteiger partial charge is 0.430 e. The van der Waals surface area contributed by atoms with Gasteiger partial charge in [-0.3, -0.25) is 0 Å². The molecule has 1 fully saturated rings. The van der Waals surface area contributed by atoms with Crippen molar-refractivity contribution in [3.63, 3.8) is 0 Å². The number of ether oxygens (including phenoxy) is 3. The molecule has 0 aromatic heterocycles. The maximum atomic E-state index is 8.93. The summed E-state index contributed by atoms with van der Waals surface area (Å²) < 4.78 is 15.9. The third kappa shape index (κ3) is 3.19. The molecular weight excluding hydrogens is 270 g/mol. The van der Waals surface area contributed by atoms with E-state index in [0.717, 1.165) is 18.8 Å². The van der Waals surface area contributed by atoms with Crippen LogP contribution >= 0.6 is 0 Å². The lowest BCUT2D eigenvalue weighted by Gasteiger charge is -2.29. The van der Waals surface area contributed by atoms with E-state index in [1.54, 1.807) is 20.3 Å². The Morgan fingerprint density at radius 2 is 1.79 bits per heavy atom. The molecule has 0 unspecified atom stereocenters. The largest absolute Gasteiger partial charge is 1.00 e. The molecule has 0 bridgehead atoms. The van der Waals surface area contributed by atoms with E-state index in [0.29, 0.717) is 30.4 Å². The quantitative estimate of drug-likeness (QED) is 0.669. The number of halogens is 1. The Morgan fingerprint density at radius 3 is 2.32 bits per heavy atom. The van der Waals surface area contributed by atoms with Gasteiger partial charge in [0, 0.05) is 19.2 Å². The number of rotatable bonds is 3. The minimum atomic E-state index is 0. The molecule has 19 heavy (non-hydrogen) atoms. The van der Waals surface area contributed by atoms with Crippen LogP contribution in [-0.2, 0) is 4.74 Å². The summed E-state index contributed by atoms with van der Waals surface area (Å²) >= 11 is 0. The molecule has 7 heteroatoms. The summed E-state index contributed by atoms with van der Waals surface area (Å²) in [6, 6.07) is 3.48. The van der Waals surface area contributed by atoms with Crippen molar-refractivity contribution in [2.24, 2.45) is 0 Å². The van der Waals surface area contributed by atoms with Crippen molar-refractivity contribution in [3.05, 3.63) is 17.1 Å². The molecule has 1 aromatic rings. The highest BCUT2D eigenvalue weighted by atomic mass is 35.5. The van der Waals surface area contributed by atoms with E-state index in [1.807, 2.05) is 6.07 Å². The van der Waals surface area contributed by atoms with E-state index < -0.39 is 0 Å². The maximum Gasteiger partial charge on any atom is 0.430 e. The van der Waals surface area contributed by atoms with Gasteiger partial charge < -0.3 is 31.5 Å². The third-order valence-electron chi connectivity index (χ3n) is 2.94. The van der Waals surface area contributed by atoms with Crippen molar-refractivity contribution in [1.82, 2.24) is 0 Å². The number of hydrogen-bond donors (Lipinski definition) is 0. The fourth-order valence-corrected chi connectivity index (χ4v) is 2.00. The number of morpholine rings is 1. The van der Waals surface area contributed by atoms with Gasteiger partial charge in [-0.2, -0.15) is 0 Å². The van der Waals surface area contributed by atoms with Crippen molar-refractivity contribution >= 4 is 11.4 Å². The van der Waals surface area contributed by atoms with Gasteiger partial charge in [-0.15, -0.1) is 0 Å². The van der Waals surface area contributed by atoms with Crippen LogP contribution in [0.25, 0.3) is 4.98 Å². The number of diazo groups is 1. The molecule has 0 aliphatic carbocycles. The van der Waals surface area contributed by atoms with Crippen molar-refractivity contribution in [1.29, 1.82) is 5.39 Å². The molecule has 1 aromatic carbocycles. The summed E-state index contributed by atoms with van der Waals surface area (Å²) in [5, 5.41) is 8.93.